The average molecular weight is 427 g/mol. The highest BCUT2D eigenvalue weighted by Crippen LogP contribution is 2.29. The van der Waals surface area contributed by atoms with Crippen molar-refractivity contribution in [2.24, 2.45) is 0 Å². The lowest BCUT2D eigenvalue weighted by Crippen LogP contribution is -2.31. The lowest BCUT2D eigenvalue weighted by molar-refractivity contribution is 0.106. The number of hydrogen-bond acceptors (Lipinski definition) is 5. The molecule has 30 heavy (non-hydrogen) atoms. The highest BCUT2D eigenvalue weighted by molar-refractivity contribution is 6.30. The van der Waals surface area contributed by atoms with Gasteiger partial charge in [-0.05, 0) is 54.1 Å². The molecule has 1 atom stereocenters. The molecule has 4 rings (SSSR count). The number of hydrogen-bond donors (Lipinski definition) is 2. The van der Waals surface area contributed by atoms with Gasteiger partial charge < -0.3 is 19.7 Å². The summed E-state index contributed by atoms with van der Waals surface area (Å²) in [4.78, 5) is 0. The SMILES string of the molecule is O[C@@H](CNCc1ccc(Cl)cc1)COc1ccc(-c2noc3cc(F)ccc23)cc1. The maximum absolute atomic E-state index is 13.3. The van der Waals surface area contributed by atoms with Crippen molar-refractivity contribution in [3.63, 3.8) is 0 Å². The highest BCUT2D eigenvalue weighted by Gasteiger charge is 2.11. The van der Waals surface area contributed by atoms with E-state index in [1.807, 2.05) is 36.4 Å². The topological polar surface area (TPSA) is 67.5 Å². The van der Waals surface area contributed by atoms with Crippen molar-refractivity contribution in [1.82, 2.24) is 10.5 Å². The van der Waals surface area contributed by atoms with Crippen LogP contribution in [0.5, 0.6) is 5.75 Å². The smallest absolute Gasteiger partial charge is 0.170 e. The maximum atomic E-state index is 13.3. The van der Waals surface area contributed by atoms with Gasteiger partial charge >= 0.3 is 0 Å². The van der Waals surface area contributed by atoms with E-state index in [-0.39, 0.29) is 12.4 Å². The molecule has 0 saturated carbocycles. The van der Waals surface area contributed by atoms with Crippen LogP contribution in [0.25, 0.3) is 22.2 Å². The first-order valence-corrected chi connectivity index (χ1v) is 9.88. The number of nitrogens with one attached hydrogen (secondary N) is 1. The number of halogens is 2. The molecule has 0 amide bonds. The summed E-state index contributed by atoms with van der Waals surface area (Å²) in [5, 5.41) is 18.8. The van der Waals surface area contributed by atoms with E-state index in [0.717, 1.165) is 16.5 Å². The van der Waals surface area contributed by atoms with Gasteiger partial charge in [0, 0.05) is 35.1 Å². The molecule has 0 radical (unpaired) electrons. The third-order valence-electron chi connectivity index (χ3n) is 4.63. The van der Waals surface area contributed by atoms with Gasteiger partial charge in [0.15, 0.2) is 5.58 Å². The van der Waals surface area contributed by atoms with E-state index in [1.165, 1.54) is 12.1 Å². The van der Waals surface area contributed by atoms with Gasteiger partial charge in [-0.2, -0.15) is 0 Å². The molecular weight excluding hydrogens is 407 g/mol. The Balaban J connectivity index is 1.28. The normalized spacial score (nSPS) is 12.2. The van der Waals surface area contributed by atoms with Gasteiger partial charge in [0.25, 0.3) is 0 Å². The maximum Gasteiger partial charge on any atom is 0.170 e. The number of ether oxygens (including phenoxy) is 1. The number of aliphatic hydroxyl groups excluding tert-OH is 1. The second kappa shape index (κ2) is 9.26. The number of aromatic nitrogens is 1. The lowest BCUT2D eigenvalue weighted by Gasteiger charge is -2.13. The van der Waals surface area contributed by atoms with E-state index >= 15 is 0 Å². The number of nitrogens with zero attached hydrogens (tertiary/aromatic N) is 1. The van der Waals surface area contributed by atoms with Crippen LogP contribution in [-0.2, 0) is 6.54 Å². The Morgan fingerprint density at radius 3 is 2.60 bits per heavy atom. The molecular formula is C23H20ClFN2O3. The molecule has 5 nitrogen and oxygen atoms in total. The molecule has 154 valence electrons. The second-order valence-electron chi connectivity index (χ2n) is 6.92. The monoisotopic (exact) mass is 426 g/mol. The van der Waals surface area contributed by atoms with Crippen LogP contribution in [0.3, 0.4) is 0 Å². The summed E-state index contributed by atoms with van der Waals surface area (Å²) in [6.45, 7) is 1.21. The summed E-state index contributed by atoms with van der Waals surface area (Å²) in [5.74, 6) is 0.268. The molecule has 0 aliphatic carbocycles. The molecule has 0 unspecified atom stereocenters. The van der Waals surface area contributed by atoms with Gasteiger partial charge in [0.05, 0.1) is 0 Å². The van der Waals surface area contributed by atoms with E-state index in [0.29, 0.717) is 35.1 Å². The number of benzene rings is 3. The van der Waals surface area contributed by atoms with Gasteiger partial charge in [-0.15, -0.1) is 0 Å². The fourth-order valence-corrected chi connectivity index (χ4v) is 3.19. The predicted octanol–water partition coefficient (Wildman–Crippen LogP) is 4.82. The molecule has 1 heterocycles. The zero-order valence-corrected chi connectivity index (χ0v) is 16.8. The third kappa shape index (κ3) is 4.97. The Kier molecular flexibility index (Phi) is 6.28. The van der Waals surface area contributed by atoms with Crippen LogP contribution >= 0.6 is 11.6 Å². The first-order chi connectivity index (χ1) is 14.6. The Morgan fingerprint density at radius 2 is 1.83 bits per heavy atom. The van der Waals surface area contributed by atoms with Crippen molar-refractivity contribution in [2.75, 3.05) is 13.2 Å². The van der Waals surface area contributed by atoms with E-state index in [1.54, 1.807) is 18.2 Å². The summed E-state index contributed by atoms with van der Waals surface area (Å²) >= 11 is 5.87. The van der Waals surface area contributed by atoms with Crippen molar-refractivity contribution in [3.8, 4) is 17.0 Å². The van der Waals surface area contributed by atoms with Crippen LogP contribution in [0, 0.1) is 5.82 Å². The summed E-state index contributed by atoms with van der Waals surface area (Å²) < 4.78 is 24.2. The van der Waals surface area contributed by atoms with Crippen molar-refractivity contribution in [3.05, 3.63) is 83.1 Å². The lowest BCUT2D eigenvalue weighted by atomic mass is 10.1. The molecule has 7 heteroatoms. The highest BCUT2D eigenvalue weighted by atomic mass is 35.5. The van der Waals surface area contributed by atoms with Crippen LogP contribution in [0.1, 0.15) is 5.56 Å². The zero-order valence-electron chi connectivity index (χ0n) is 16.0. The van der Waals surface area contributed by atoms with Crippen LogP contribution in [0.15, 0.2) is 71.3 Å². The molecule has 0 fully saturated rings. The minimum absolute atomic E-state index is 0.166. The minimum atomic E-state index is -0.647. The molecule has 3 aromatic carbocycles. The predicted molar refractivity (Wildman–Crippen MR) is 114 cm³/mol. The number of aliphatic hydroxyl groups is 1. The molecule has 0 saturated heterocycles. The molecule has 0 aliphatic heterocycles. The first kappa shape index (κ1) is 20.3. The molecule has 0 spiro atoms. The van der Waals surface area contributed by atoms with Crippen molar-refractivity contribution < 1.29 is 18.8 Å². The fourth-order valence-electron chi connectivity index (χ4n) is 3.07. The van der Waals surface area contributed by atoms with Gasteiger partial charge in [0.2, 0.25) is 0 Å². The fraction of sp³-hybridized carbons (Fsp3) is 0.174. The van der Waals surface area contributed by atoms with Gasteiger partial charge in [-0.1, -0.05) is 28.9 Å². The summed E-state index contributed by atoms with van der Waals surface area (Å²) in [6.07, 6.45) is -0.647. The van der Waals surface area contributed by atoms with Gasteiger partial charge in [-0.25, -0.2) is 4.39 Å². The third-order valence-corrected chi connectivity index (χ3v) is 4.88. The molecule has 1 aromatic heterocycles. The summed E-state index contributed by atoms with van der Waals surface area (Å²) in [7, 11) is 0. The Morgan fingerprint density at radius 1 is 1.07 bits per heavy atom. The van der Waals surface area contributed by atoms with Crippen molar-refractivity contribution >= 4 is 22.6 Å². The Bertz CT molecular complexity index is 1110. The molecule has 2 N–H and O–H groups in total. The van der Waals surface area contributed by atoms with Gasteiger partial charge in [0.1, 0.15) is 30.0 Å². The average Bonchev–Trinajstić information content (AvgIpc) is 3.17. The van der Waals surface area contributed by atoms with Crippen LogP contribution in [0.4, 0.5) is 4.39 Å². The van der Waals surface area contributed by atoms with Crippen molar-refractivity contribution in [2.45, 2.75) is 12.6 Å². The first-order valence-electron chi connectivity index (χ1n) is 9.50. The second-order valence-corrected chi connectivity index (χ2v) is 7.35. The standard InChI is InChI=1S/C23H20ClFN2O3/c24-17-5-1-15(2-6-17)12-26-13-19(28)14-29-20-8-3-16(4-9-20)23-21-10-7-18(25)11-22(21)30-27-23/h1-11,19,26,28H,12-14H2/t19-/m0/s1. The Labute approximate surface area is 178 Å². The summed E-state index contributed by atoms with van der Waals surface area (Å²) in [6, 6.07) is 19.2. The molecule has 0 bridgehead atoms. The van der Waals surface area contributed by atoms with Crippen LogP contribution in [-0.4, -0.2) is 29.5 Å². The largest absolute Gasteiger partial charge is 0.491 e. The number of rotatable bonds is 8. The minimum Gasteiger partial charge on any atom is -0.491 e. The van der Waals surface area contributed by atoms with E-state index in [9.17, 15) is 9.50 Å². The van der Waals surface area contributed by atoms with E-state index in [4.69, 9.17) is 20.9 Å². The van der Waals surface area contributed by atoms with Crippen LogP contribution in [0.2, 0.25) is 5.02 Å². The Hall–Kier alpha value is -2.93. The summed E-state index contributed by atoms with van der Waals surface area (Å²) in [5.41, 5.74) is 2.96. The van der Waals surface area contributed by atoms with Gasteiger partial charge in [-0.3, -0.25) is 0 Å². The number of fused-ring (bicyclic) bond motifs is 1. The van der Waals surface area contributed by atoms with E-state index in [2.05, 4.69) is 10.5 Å². The van der Waals surface area contributed by atoms with E-state index < -0.39 is 6.10 Å². The quantitative estimate of drug-likeness (QED) is 0.423. The zero-order chi connectivity index (χ0) is 20.9. The van der Waals surface area contributed by atoms with Crippen molar-refractivity contribution in [1.29, 1.82) is 0 Å². The molecule has 4 aromatic rings. The van der Waals surface area contributed by atoms with Crippen LogP contribution < -0.4 is 10.1 Å². The molecule has 0 aliphatic rings.